The number of carbonyl (C=O) groups excluding carboxylic acids is 1. The summed E-state index contributed by atoms with van der Waals surface area (Å²) < 4.78 is 0. The molecule has 90 valence electrons. The third kappa shape index (κ3) is 2.54. The SMILES string of the molecule is CCN=C1NC(=O)C(C2CCCCCC2)N1. The summed E-state index contributed by atoms with van der Waals surface area (Å²) in [6.45, 7) is 2.68. The summed E-state index contributed by atoms with van der Waals surface area (Å²) in [4.78, 5) is 16.0. The van der Waals surface area contributed by atoms with Gasteiger partial charge in [0.25, 0.3) is 0 Å². The maximum Gasteiger partial charge on any atom is 0.249 e. The highest BCUT2D eigenvalue weighted by Gasteiger charge is 2.34. The number of carbonyl (C=O) groups is 1. The lowest BCUT2D eigenvalue weighted by Crippen LogP contribution is -2.36. The zero-order valence-corrected chi connectivity index (χ0v) is 9.96. The Morgan fingerprint density at radius 1 is 1.25 bits per heavy atom. The van der Waals surface area contributed by atoms with Gasteiger partial charge in [-0.15, -0.1) is 0 Å². The van der Waals surface area contributed by atoms with Crippen LogP contribution in [0.3, 0.4) is 0 Å². The van der Waals surface area contributed by atoms with E-state index in [4.69, 9.17) is 0 Å². The van der Waals surface area contributed by atoms with Crippen molar-refractivity contribution in [3.05, 3.63) is 0 Å². The van der Waals surface area contributed by atoms with E-state index < -0.39 is 0 Å². The smallest absolute Gasteiger partial charge is 0.249 e. The zero-order valence-electron chi connectivity index (χ0n) is 9.96. The van der Waals surface area contributed by atoms with Gasteiger partial charge in [-0.3, -0.25) is 15.1 Å². The maximum atomic E-state index is 11.8. The van der Waals surface area contributed by atoms with Crippen molar-refractivity contribution in [2.45, 2.75) is 51.5 Å². The lowest BCUT2D eigenvalue weighted by atomic mass is 9.92. The molecule has 2 aliphatic rings. The largest absolute Gasteiger partial charge is 0.344 e. The molecule has 1 amide bonds. The van der Waals surface area contributed by atoms with Crippen LogP contribution in [0.2, 0.25) is 0 Å². The summed E-state index contributed by atoms with van der Waals surface area (Å²) in [5.74, 6) is 1.27. The molecule has 4 heteroatoms. The van der Waals surface area contributed by atoms with Crippen molar-refractivity contribution in [1.29, 1.82) is 0 Å². The van der Waals surface area contributed by atoms with Crippen molar-refractivity contribution < 1.29 is 4.79 Å². The van der Waals surface area contributed by atoms with E-state index in [1.54, 1.807) is 0 Å². The van der Waals surface area contributed by atoms with Crippen LogP contribution in [-0.2, 0) is 4.79 Å². The first-order valence-electron chi connectivity index (χ1n) is 6.43. The lowest BCUT2D eigenvalue weighted by molar-refractivity contribution is -0.121. The second kappa shape index (κ2) is 5.32. The molecule has 0 bridgehead atoms. The molecular formula is C12H21N3O. The van der Waals surface area contributed by atoms with Crippen LogP contribution < -0.4 is 10.6 Å². The van der Waals surface area contributed by atoms with Gasteiger partial charge in [-0.05, 0) is 25.7 Å². The highest BCUT2D eigenvalue weighted by atomic mass is 16.2. The summed E-state index contributed by atoms with van der Waals surface area (Å²) >= 11 is 0. The Hall–Kier alpha value is -1.06. The van der Waals surface area contributed by atoms with Gasteiger partial charge in [0.05, 0.1) is 0 Å². The molecule has 1 heterocycles. The Morgan fingerprint density at radius 3 is 2.56 bits per heavy atom. The van der Waals surface area contributed by atoms with Crippen molar-refractivity contribution in [3.63, 3.8) is 0 Å². The number of nitrogens with one attached hydrogen (secondary N) is 2. The Bertz CT molecular complexity index is 280. The molecule has 1 saturated carbocycles. The number of hydrogen-bond donors (Lipinski definition) is 2. The molecule has 0 radical (unpaired) electrons. The van der Waals surface area contributed by atoms with Crippen LogP contribution in [0.25, 0.3) is 0 Å². The predicted molar refractivity (Wildman–Crippen MR) is 64.2 cm³/mol. The molecule has 2 rings (SSSR count). The van der Waals surface area contributed by atoms with Crippen LogP contribution in [0, 0.1) is 5.92 Å². The van der Waals surface area contributed by atoms with E-state index in [1.807, 2.05) is 6.92 Å². The fourth-order valence-corrected chi connectivity index (χ4v) is 2.66. The van der Waals surface area contributed by atoms with Gasteiger partial charge in [0.2, 0.25) is 5.91 Å². The predicted octanol–water partition coefficient (Wildman–Crippen LogP) is 1.42. The highest BCUT2D eigenvalue weighted by Crippen LogP contribution is 2.26. The van der Waals surface area contributed by atoms with E-state index >= 15 is 0 Å². The Labute approximate surface area is 96.9 Å². The summed E-state index contributed by atoms with van der Waals surface area (Å²) in [6, 6.07) is -0.0385. The van der Waals surface area contributed by atoms with Crippen LogP contribution >= 0.6 is 0 Å². The van der Waals surface area contributed by atoms with Crippen molar-refractivity contribution in [2.75, 3.05) is 6.54 Å². The Morgan fingerprint density at radius 2 is 1.94 bits per heavy atom. The van der Waals surface area contributed by atoms with Crippen LogP contribution in [0.15, 0.2) is 4.99 Å². The van der Waals surface area contributed by atoms with Gasteiger partial charge in [0, 0.05) is 6.54 Å². The average Bonchev–Trinajstić information content (AvgIpc) is 2.52. The first-order valence-corrected chi connectivity index (χ1v) is 6.43. The monoisotopic (exact) mass is 223 g/mol. The van der Waals surface area contributed by atoms with Crippen molar-refractivity contribution in [1.82, 2.24) is 10.6 Å². The van der Waals surface area contributed by atoms with E-state index in [0.717, 1.165) is 0 Å². The fraction of sp³-hybridized carbons (Fsp3) is 0.833. The second-order valence-electron chi connectivity index (χ2n) is 4.69. The molecule has 0 aromatic carbocycles. The fourth-order valence-electron chi connectivity index (χ4n) is 2.66. The number of rotatable bonds is 2. The lowest BCUT2D eigenvalue weighted by Gasteiger charge is -2.19. The topological polar surface area (TPSA) is 53.5 Å². The zero-order chi connectivity index (χ0) is 11.4. The van der Waals surface area contributed by atoms with Crippen LogP contribution in [-0.4, -0.2) is 24.5 Å². The molecule has 0 spiro atoms. The molecular weight excluding hydrogens is 202 g/mol. The van der Waals surface area contributed by atoms with Gasteiger partial charge < -0.3 is 5.32 Å². The molecule has 1 aliphatic carbocycles. The average molecular weight is 223 g/mol. The third-order valence-electron chi connectivity index (χ3n) is 3.50. The van der Waals surface area contributed by atoms with Gasteiger partial charge in [-0.1, -0.05) is 25.7 Å². The van der Waals surface area contributed by atoms with E-state index in [-0.39, 0.29) is 11.9 Å². The van der Waals surface area contributed by atoms with Crippen LogP contribution in [0.1, 0.15) is 45.4 Å². The van der Waals surface area contributed by atoms with Gasteiger partial charge in [-0.2, -0.15) is 0 Å². The second-order valence-corrected chi connectivity index (χ2v) is 4.69. The molecule has 1 saturated heterocycles. The molecule has 1 unspecified atom stereocenters. The molecule has 2 N–H and O–H groups in total. The maximum absolute atomic E-state index is 11.8. The summed E-state index contributed by atoms with van der Waals surface area (Å²) in [7, 11) is 0. The summed E-state index contributed by atoms with van der Waals surface area (Å²) in [6.07, 6.45) is 7.50. The molecule has 0 aromatic heterocycles. The normalized spacial score (nSPS) is 29.9. The minimum atomic E-state index is -0.0385. The summed E-state index contributed by atoms with van der Waals surface area (Å²) in [5.41, 5.74) is 0. The summed E-state index contributed by atoms with van der Waals surface area (Å²) in [5, 5.41) is 6.05. The van der Waals surface area contributed by atoms with Crippen LogP contribution in [0.5, 0.6) is 0 Å². The van der Waals surface area contributed by atoms with E-state index in [2.05, 4.69) is 15.6 Å². The van der Waals surface area contributed by atoms with E-state index in [9.17, 15) is 4.79 Å². The standard InChI is InChI=1S/C12H21N3O/c1-2-13-12-14-10(11(16)15-12)9-7-5-3-4-6-8-9/h9-10H,2-8H2,1H3,(H2,13,14,15,16). The Kier molecular flexibility index (Phi) is 3.80. The van der Waals surface area contributed by atoms with E-state index in [0.29, 0.717) is 18.4 Å². The van der Waals surface area contributed by atoms with Gasteiger partial charge in [0.1, 0.15) is 6.04 Å². The first-order chi connectivity index (χ1) is 7.81. The molecule has 16 heavy (non-hydrogen) atoms. The van der Waals surface area contributed by atoms with Crippen molar-refractivity contribution in [2.24, 2.45) is 10.9 Å². The number of aliphatic imine (C=N–C) groups is 1. The van der Waals surface area contributed by atoms with Gasteiger partial charge in [-0.25, -0.2) is 0 Å². The molecule has 1 atom stereocenters. The number of nitrogens with zero attached hydrogens (tertiary/aromatic N) is 1. The third-order valence-corrected chi connectivity index (χ3v) is 3.50. The quantitative estimate of drug-likeness (QED) is 0.696. The number of amides is 1. The molecule has 2 fully saturated rings. The minimum absolute atomic E-state index is 0.0385. The van der Waals surface area contributed by atoms with Gasteiger partial charge >= 0.3 is 0 Å². The highest BCUT2D eigenvalue weighted by molar-refractivity contribution is 6.06. The van der Waals surface area contributed by atoms with Crippen molar-refractivity contribution >= 4 is 11.9 Å². The minimum Gasteiger partial charge on any atom is -0.344 e. The van der Waals surface area contributed by atoms with Gasteiger partial charge in [0.15, 0.2) is 5.96 Å². The molecule has 4 nitrogen and oxygen atoms in total. The molecule has 1 aliphatic heterocycles. The first kappa shape index (κ1) is 11.4. The number of guanidine groups is 1. The number of hydrogen-bond acceptors (Lipinski definition) is 2. The van der Waals surface area contributed by atoms with Crippen molar-refractivity contribution in [3.8, 4) is 0 Å². The Balaban J connectivity index is 1.98. The van der Waals surface area contributed by atoms with Crippen LogP contribution in [0.4, 0.5) is 0 Å². The molecule has 0 aromatic rings. The van der Waals surface area contributed by atoms with E-state index in [1.165, 1.54) is 38.5 Å².